The lowest BCUT2D eigenvalue weighted by atomic mass is 10.2. The number of nitrogens with one attached hydrogen (secondary N) is 2. The second kappa shape index (κ2) is 8.11. The molecule has 8 heteroatoms. The maximum Gasteiger partial charge on any atom is 0.191 e. The van der Waals surface area contributed by atoms with Gasteiger partial charge in [-0.05, 0) is 7.05 Å². The minimum absolute atomic E-state index is 0.153. The third-order valence-electron chi connectivity index (χ3n) is 3.64. The molecule has 0 amide bonds. The zero-order chi connectivity index (χ0) is 15.9. The summed E-state index contributed by atoms with van der Waals surface area (Å²) in [5, 5.41) is 20.5. The van der Waals surface area contributed by atoms with E-state index in [0.29, 0.717) is 19.0 Å². The molecule has 0 bridgehead atoms. The lowest BCUT2D eigenvalue weighted by Gasteiger charge is -2.30. The molecule has 1 aliphatic heterocycles. The molecule has 2 unspecified atom stereocenters. The van der Waals surface area contributed by atoms with Crippen LogP contribution in [-0.4, -0.2) is 78.7 Å². The van der Waals surface area contributed by atoms with E-state index in [0.717, 1.165) is 25.3 Å². The van der Waals surface area contributed by atoms with E-state index in [9.17, 15) is 5.11 Å². The Hall–Kier alpha value is -1.64. The number of aliphatic hydroxyl groups excluding tert-OH is 1. The third-order valence-corrected chi connectivity index (χ3v) is 3.64. The standard InChI is InChI=1S/C14H26N6O2/c1-15-14(16-7-12-10-19(2)4-5-22-12)17-8-13(21)11-6-18-20(3)9-11/h6,9,12-13,21H,4-5,7-8,10H2,1-3H3,(H2,15,16,17). The number of hydrogen-bond donors (Lipinski definition) is 3. The molecule has 1 fully saturated rings. The second-order valence-corrected chi connectivity index (χ2v) is 5.55. The van der Waals surface area contributed by atoms with Crippen LogP contribution >= 0.6 is 0 Å². The molecule has 2 rings (SSSR count). The summed E-state index contributed by atoms with van der Waals surface area (Å²) in [4.78, 5) is 6.40. The van der Waals surface area contributed by atoms with Gasteiger partial charge in [0.2, 0.25) is 0 Å². The van der Waals surface area contributed by atoms with Gasteiger partial charge in [-0.3, -0.25) is 9.67 Å². The Morgan fingerprint density at radius 3 is 3.00 bits per heavy atom. The van der Waals surface area contributed by atoms with Gasteiger partial charge in [-0.25, -0.2) is 0 Å². The predicted octanol–water partition coefficient (Wildman–Crippen LogP) is -1.05. The second-order valence-electron chi connectivity index (χ2n) is 5.55. The number of hydrogen-bond acceptors (Lipinski definition) is 5. The monoisotopic (exact) mass is 310 g/mol. The first-order chi connectivity index (χ1) is 10.6. The molecule has 2 atom stereocenters. The number of nitrogens with zero attached hydrogens (tertiary/aromatic N) is 4. The zero-order valence-electron chi connectivity index (χ0n) is 13.5. The molecule has 1 aromatic rings. The molecule has 1 aromatic heterocycles. The average Bonchev–Trinajstić information content (AvgIpc) is 2.94. The third kappa shape index (κ3) is 4.97. The number of guanidine groups is 1. The van der Waals surface area contributed by atoms with E-state index in [1.54, 1.807) is 24.1 Å². The summed E-state index contributed by atoms with van der Waals surface area (Å²) in [6, 6.07) is 0. The Morgan fingerprint density at radius 1 is 1.55 bits per heavy atom. The van der Waals surface area contributed by atoms with E-state index >= 15 is 0 Å². The van der Waals surface area contributed by atoms with Crippen LogP contribution in [0.4, 0.5) is 0 Å². The minimum atomic E-state index is -0.621. The van der Waals surface area contributed by atoms with Crippen LogP contribution in [0.5, 0.6) is 0 Å². The van der Waals surface area contributed by atoms with Crippen molar-refractivity contribution in [3.63, 3.8) is 0 Å². The summed E-state index contributed by atoms with van der Waals surface area (Å²) in [5.41, 5.74) is 0.780. The maximum atomic E-state index is 10.1. The van der Waals surface area contributed by atoms with Gasteiger partial charge in [-0.2, -0.15) is 5.10 Å². The molecule has 1 saturated heterocycles. The largest absolute Gasteiger partial charge is 0.386 e. The van der Waals surface area contributed by atoms with Crippen LogP contribution in [0.15, 0.2) is 17.4 Å². The molecule has 8 nitrogen and oxygen atoms in total. The number of aromatic nitrogens is 2. The first-order valence-electron chi connectivity index (χ1n) is 7.49. The fourth-order valence-electron chi connectivity index (χ4n) is 2.34. The fraction of sp³-hybridized carbons (Fsp3) is 0.714. The number of likely N-dealkylation sites (N-methyl/N-ethyl adjacent to an activating group) is 1. The van der Waals surface area contributed by atoms with Crippen molar-refractivity contribution in [1.29, 1.82) is 0 Å². The van der Waals surface area contributed by atoms with Gasteiger partial charge in [-0.1, -0.05) is 0 Å². The van der Waals surface area contributed by atoms with Crippen LogP contribution < -0.4 is 10.6 Å². The first-order valence-corrected chi connectivity index (χ1v) is 7.49. The van der Waals surface area contributed by atoms with E-state index in [1.165, 1.54) is 0 Å². The summed E-state index contributed by atoms with van der Waals surface area (Å²) in [5.74, 6) is 0.653. The van der Waals surface area contributed by atoms with Gasteiger partial charge >= 0.3 is 0 Å². The molecule has 124 valence electrons. The van der Waals surface area contributed by atoms with Gasteiger partial charge in [-0.15, -0.1) is 0 Å². The maximum absolute atomic E-state index is 10.1. The van der Waals surface area contributed by atoms with E-state index in [2.05, 4.69) is 32.7 Å². The highest BCUT2D eigenvalue weighted by atomic mass is 16.5. The van der Waals surface area contributed by atoms with Crippen molar-refractivity contribution in [1.82, 2.24) is 25.3 Å². The fourth-order valence-corrected chi connectivity index (χ4v) is 2.34. The average molecular weight is 310 g/mol. The Balaban J connectivity index is 1.73. The molecule has 3 N–H and O–H groups in total. The Morgan fingerprint density at radius 2 is 2.36 bits per heavy atom. The Kier molecular flexibility index (Phi) is 6.17. The van der Waals surface area contributed by atoms with Crippen molar-refractivity contribution in [3.8, 4) is 0 Å². The highest BCUT2D eigenvalue weighted by molar-refractivity contribution is 5.79. The van der Waals surface area contributed by atoms with E-state index in [1.807, 2.05) is 7.05 Å². The first kappa shape index (κ1) is 16.7. The molecule has 2 heterocycles. The normalized spacial score (nSPS) is 21.6. The summed E-state index contributed by atoms with van der Waals surface area (Å²) in [6.45, 7) is 3.70. The topological polar surface area (TPSA) is 86.9 Å². The predicted molar refractivity (Wildman–Crippen MR) is 84.8 cm³/mol. The van der Waals surface area contributed by atoms with Crippen LogP contribution in [0.1, 0.15) is 11.7 Å². The van der Waals surface area contributed by atoms with Crippen molar-refractivity contribution in [2.24, 2.45) is 12.0 Å². The van der Waals surface area contributed by atoms with E-state index < -0.39 is 6.10 Å². The number of aliphatic imine (C=N–C) groups is 1. The number of aryl methyl sites for hydroxylation is 1. The number of rotatable bonds is 5. The molecule has 0 saturated carbocycles. The van der Waals surface area contributed by atoms with Crippen LogP contribution in [0.3, 0.4) is 0 Å². The van der Waals surface area contributed by atoms with Crippen LogP contribution in [0.2, 0.25) is 0 Å². The molecule has 0 aliphatic carbocycles. The van der Waals surface area contributed by atoms with Crippen LogP contribution in [0.25, 0.3) is 0 Å². The zero-order valence-corrected chi connectivity index (χ0v) is 13.5. The smallest absolute Gasteiger partial charge is 0.191 e. The SMILES string of the molecule is CN=C(NCC1CN(C)CCO1)NCC(O)c1cnn(C)c1. The molecule has 0 spiro atoms. The molecule has 0 radical (unpaired) electrons. The van der Waals surface area contributed by atoms with Crippen molar-refractivity contribution < 1.29 is 9.84 Å². The Bertz CT molecular complexity index is 489. The summed E-state index contributed by atoms with van der Waals surface area (Å²) in [6.07, 6.45) is 2.99. The summed E-state index contributed by atoms with van der Waals surface area (Å²) >= 11 is 0. The van der Waals surface area contributed by atoms with Gasteiger partial charge in [0.25, 0.3) is 0 Å². The van der Waals surface area contributed by atoms with Crippen molar-refractivity contribution in [3.05, 3.63) is 18.0 Å². The highest BCUT2D eigenvalue weighted by Gasteiger charge is 2.18. The van der Waals surface area contributed by atoms with Crippen LogP contribution in [-0.2, 0) is 11.8 Å². The molecular formula is C14H26N6O2. The molecule has 22 heavy (non-hydrogen) atoms. The minimum Gasteiger partial charge on any atom is -0.386 e. The highest BCUT2D eigenvalue weighted by Crippen LogP contribution is 2.09. The molecular weight excluding hydrogens is 284 g/mol. The lowest BCUT2D eigenvalue weighted by Crippen LogP contribution is -2.48. The Labute approximate surface area is 131 Å². The van der Waals surface area contributed by atoms with E-state index in [4.69, 9.17) is 4.74 Å². The lowest BCUT2D eigenvalue weighted by molar-refractivity contribution is -0.0161. The summed E-state index contributed by atoms with van der Waals surface area (Å²) in [7, 11) is 5.62. The van der Waals surface area contributed by atoms with Crippen molar-refractivity contribution >= 4 is 5.96 Å². The van der Waals surface area contributed by atoms with Gasteiger partial charge < -0.3 is 25.4 Å². The van der Waals surface area contributed by atoms with Crippen LogP contribution in [0, 0.1) is 0 Å². The van der Waals surface area contributed by atoms with Gasteiger partial charge in [0.05, 0.1) is 25.0 Å². The van der Waals surface area contributed by atoms with Crippen molar-refractivity contribution in [2.75, 3.05) is 46.9 Å². The number of aliphatic hydroxyl groups is 1. The number of ether oxygens (including phenoxy) is 1. The van der Waals surface area contributed by atoms with Gasteiger partial charge in [0, 0.05) is 52.0 Å². The number of morpholine rings is 1. The van der Waals surface area contributed by atoms with Gasteiger partial charge in [0.15, 0.2) is 5.96 Å². The molecule has 0 aromatic carbocycles. The van der Waals surface area contributed by atoms with Crippen molar-refractivity contribution in [2.45, 2.75) is 12.2 Å². The quantitative estimate of drug-likeness (QED) is 0.475. The summed E-state index contributed by atoms with van der Waals surface area (Å²) < 4.78 is 7.36. The molecule has 1 aliphatic rings. The van der Waals surface area contributed by atoms with Gasteiger partial charge in [0.1, 0.15) is 0 Å². The van der Waals surface area contributed by atoms with E-state index in [-0.39, 0.29) is 6.10 Å².